The van der Waals surface area contributed by atoms with Crippen molar-refractivity contribution in [1.82, 2.24) is 5.32 Å². The topological polar surface area (TPSA) is 47.6 Å². The quantitative estimate of drug-likeness (QED) is 0.912. The van der Waals surface area contributed by atoms with E-state index in [0.29, 0.717) is 31.1 Å². The molecular formula is C19H19F2NO3. The maximum atomic E-state index is 13.9. The molecule has 1 atom stereocenters. The van der Waals surface area contributed by atoms with Crippen LogP contribution in [0, 0.1) is 18.6 Å². The average molecular weight is 347 g/mol. The van der Waals surface area contributed by atoms with Crippen LogP contribution in [-0.2, 0) is 0 Å². The molecule has 1 aliphatic heterocycles. The Morgan fingerprint density at radius 1 is 1.28 bits per heavy atom. The SMILES string of the molecule is CCOc1ccc2c(c1)C(NC(=O)c1cc(C)c(F)cc1F)CCO2. The molecule has 6 heteroatoms. The minimum absolute atomic E-state index is 0.173. The van der Waals surface area contributed by atoms with Gasteiger partial charge in [0.2, 0.25) is 0 Å². The number of amides is 1. The van der Waals surface area contributed by atoms with Gasteiger partial charge < -0.3 is 14.8 Å². The Morgan fingerprint density at radius 3 is 2.84 bits per heavy atom. The molecule has 0 saturated heterocycles. The van der Waals surface area contributed by atoms with E-state index in [1.54, 1.807) is 12.1 Å². The van der Waals surface area contributed by atoms with Crippen molar-refractivity contribution in [3.05, 3.63) is 58.7 Å². The number of nitrogens with one attached hydrogen (secondary N) is 1. The lowest BCUT2D eigenvalue weighted by Crippen LogP contribution is -2.32. The van der Waals surface area contributed by atoms with Gasteiger partial charge in [-0.1, -0.05) is 0 Å². The minimum Gasteiger partial charge on any atom is -0.494 e. The summed E-state index contributed by atoms with van der Waals surface area (Å²) in [5, 5.41) is 2.81. The van der Waals surface area contributed by atoms with Gasteiger partial charge in [-0.3, -0.25) is 4.79 Å². The van der Waals surface area contributed by atoms with Gasteiger partial charge in [-0.2, -0.15) is 0 Å². The summed E-state index contributed by atoms with van der Waals surface area (Å²) in [7, 11) is 0. The van der Waals surface area contributed by atoms with Crippen molar-refractivity contribution in [3.63, 3.8) is 0 Å². The van der Waals surface area contributed by atoms with Crippen molar-refractivity contribution >= 4 is 5.91 Å². The van der Waals surface area contributed by atoms with Crippen LogP contribution in [0.4, 0.5) is 8.78 Å². The Hall–Kier alpha value is -2.63. The van der Waals surface area contributed by atoms with Crippen molar-refractivity contribution in [1.29, 1.82) is 0 Å². The van der Waals surface area contributed by atoms with Gasteiger partial charge in [-0.05, 0) is 43.7 Å². The van der Waals surface area contributed by atoms with E-state index < -0.39 is 17.5 Å². The first-order valence-electron chi connectivity index (χ1n) is 8.15. The van der Waals surface area contributed by atoms with E-state index in [0.717, 1.165) is 11.6 Å². The summed E-state index contributed by atoms with van der Waals surface area (Å²) in [5.74, 6) is -0.798. The standard InChI is InChI=1S/C19H19F2NO3/c1-3-24-12-4-5-18-14(9-12)17(6-7-25-18)22-19(23)13-8-11(2)15(20)10-16(13)21/h4-5,8-10,17H,3,6-7H2,1-2H3,(H,22,23). The molecule has 2 aromatic rings. The summed E-state index contributed by atoms with van der Waals surface area (Å²) in [4.78, 5) is 12.5. The minimum atomic E-state index is -0.879. The summed E-state index contributed by atoms with van der Waals surface area (Å²) < 4.78 is 38.4. The summed E-state index contributed by atoms with van der Waals surface area (Å²) in [6.07, 6.45) is 0.552. The molecule has 25 heavy (non-hydrogen) atoms. The van der Waals surface area contributed by atoms with Crippen LogP contribution in [0.2, 0.25) is 0 Å². The number of hydrogen-bond acceptors (Lipinski definition) is 3. The van der Waals surface area contributed by atoms with Crippen LogP contribution in [0.15, 0.2) is 30.3 Å². The maximum absolute atomic E-state index is 13.9. The van der Waals surface area contributed by atoms with Gasteiger partial charge in [0.15, 0.2) is 0 Å². The number of halogens is 2. The molecule has 1 amide bonds. The Labute approximate surface area is 144 Å². The van der Waals surface area contributed by atoms with Gasteiger partial charge >= 0.3 is 0 Å². The van der Waals surface area contributed by atoms with Crippen LogP contribution in [0.1, 0.15) is 40.9 Å². The van der Waals surface area contributed by atoms with Crippen molar-refractivity contribution < 1.29 is 23.0 Å². The predicted octanol–water partition coefficient (Wildman–Crippen LogP) is 3.93. The van der Waals surface area contributed by atoms with E-state index in [1.165, 1.54) is 13.0 Å². The number of benzene rings is 2. The molecule has 1 N–H and O–H groups in total. The van der Waals surface area contributed by atoms with Gasteiger partial charge in [0.25, 0.3) is 5.91 Å². The lowest BCUT2D eigenvalue weighted by atomic mass is 9.99. The zero-order valence-corrected chi connectivity index (χ0v) is 14.1. The Kier molecular flexibility index (Phi) is 4.88. The van der Waals surface area contributed by atoms with Gasteiger partial charge in [0, 0.05) is 18.1 Å². The molecule has 132 valence electrons. The van der Waals surface area contributed by atoms with E-state index in [9.17, 15) is 13.6 Å². The molecule has 4 nitrogen and oxygen atoms in total. The van der Waals surface area contributed by atoms with Crippen LogP contribution in [0.25, 0.3) is 0 Å². The second-order valence-corrected chi connectivity index (χ2v) is 5.88. The van der Waals surface area contributed by atoms with Crippen molar-refractivity contribution in [2.24, 2.45) is 0 Å². The fourth-order valence-corrected chi connectivity index (χ4v) is 2.85. The summed E-state index contributed by atoms with van der Waals surface area (Å²) in [6, 6.07) is 7.03. The Bertz CT molecular complexity index is 807. The number of hydrogen-bond donors (Lipinski definition) is 1. The van der Waals surface area contributed by atoms with E-state index in [2.05, 4.69) is 5.32 Å². The molecule has 1 unspecified atom stereocenters. The molecule has 0 fully saturated rings. The van der Waals surface area contributed by atoms with Crippen LogP contribution in [0.5, 0.6) is 11.5 Å². The van der Waals surface area contributed by atoms with Gasteiger partial charge in [-0.25, -0.2) is 8.78 Å². The van der Waals surface area contributed by atoms with E-state index in [-0.39, 0.29) is 17.2 Å². The highest BCUT2D eigenvalue weighted by Crippen LogP contribution is 2.35. The molecule has 0 aliphatic carbocycles. The van der Waals surface area contributed by atoms with Crippen molar-refractivity contribution in [2.45, 2.75) is 26.3 Å². The highest BCUT2D eigenvalue weighted by Gasteiger charge is 2.25. The maximum Gasteiger partial charge on any atom is 0.254 e. The lowest BCUT2D eigenvalue weighted by molar-refractivity contribution is 0.0920. The highest BCUT2D eigenvalue weighted by atomic mass is 19.1. The van der Waals surface area contributed by atoms with E-state index in [1.807, 2.05) is 13.0 Å². The van der Waals surface area contributed by atoms with Gasteiger partial charge in [0.1, 0.15) is 23.1 Å². The first-order valence-corrected chi connectivity index (χ1v) is 8.15. The third-order valence-corrected chi connectivity index (χ3v) is 4.13. The monoisotopic (exact) mass is 347 g/mol. The number of fused-ring (bicyclic) bond motifs is 1. The number of aryl methyl sites for hydroxylation is 1. The zero-order valence-electron chi connectivity index (χ0n) is 14.1. The number of carbonyl (C=O) groups excluding carboxylic acids is 1. The van der Waals surface area contributed by atoms with Gasteiger partial charge in [-0.15, -0.1) is 0 Å². The summed E-state index contributed by atoms with van der Waals surface area (Å²) in [6.45, 7) is 4.34. The van der Waals surface area contributed by atoms with Crippen LogP contribution in [-0.4, -0.2) is 19.1 Å². The van der Waals surface area contributed by atoms with E-state index in [4.69, 9.17) is 9.47 Å². The highest BCUT2D eigenvalue weighted by molar-refractivity contribution is 5.95. The molecule has 1 heterocycles. The van der Waals surface area contributed by atoms with Gasteiger partial charge in [0.05, 0.1) is 24.8 Å². The third-order valence-electron chi connectivity index (χ3n) is 4.13. The zero-order chi connectivity index (χ0) is 18.0. The molecule has 0 saturated carbocycles. The first-order chi connectivity index (χ1) is 12.0. The molecule has 1 aliphatic rings. The molecule has 0 aromatic heterocycles. The molecule has 0 spiro atoms. The molecule has 3 rings (SSSR count). The summed E-state index contributed by atoms with van der Waals surface area (Å²) >= 11 is 0. The fourth-order valence-electron chi connectivity index (χ4n) is 2.85. The largest absolute Gasteiger partial charge is 0.494 e. The summed E-state index contributed by atoms with van der Waals surface area (Å²) in [5.41, 5.74) is 0.829. The third kappa shape index (κ3) is 3.57. The molecule has 0 bridgehead atoms. The normalized spacial score (nSPS) is 15.9. The second kappa shape index (κ2) is 7.09. The van der Waals surface area contributed by atoms with Crippen molar-refractivity contribution in [3.8, 4) is 11.5 Å². The number of rotatable bonds is 4. The Morgan fingerprint density at radius 2 is 2.08 bits per heavy atom. The van der Waals surface area contributed by atoms with Crippen molar-refractivity contribution in [2.75, 3.05) is 13.2 Å². The lowest BCUT2D eigenvalue weighted by Gasteiger charge is -2.27. The first kappa shape index (κ1) is 17.2. The fraction of sp³-hybridized carbons (Fsp3) is 0.316. The predicted molar refractivity (Wildman–Crippen MR) is 89.0 cm³/mol. The number of ether oxygens (including phenoxy) is 2. The van der Waals surface area contributed by atoms with Crippen LogP contribution in [0.3, 0.4) is 0 Å². The van der Waals surface area contributed by atoms with Crippen LogP contribution < -0.4 is 14.8 Å². The average Bonchev–Trinajstić information content (AvgIpc) is 2.59. The molecular weight excluding hydrogens is 328 g/mol. The smallest absolute Gasteiger partial charge is 0.254 e. The second-order valence-electron chi connectivity index (χ2n) is 5.88. The number of carbonyl (C=O) groups is 1. The molecule has 0 radical (unpaired) electrons. The molecule has 2 aromatic carbocycles. The van der Waals surface area contributed by atoms with E-state index >= 15 is 0 Å². The van der Waals surface area contributed by atoms with Crippen LogP contribution >= 0.6 is 0 Å². The Balaban J connectivity index is 1.86.